The Labute approximate surface area is 166 Å². The van der Waals surface area contributed by atoms with Gasteiger partial charge >= 0.3 is 0 Å². The van der Waals surface area contributed by atoms with E-state index in [4.69, 9.17) is 4.74 Å². The maximum atomic E-state index is 12.7. The average molecular weight is 382 g/mol. The first-order chi connectivity index (χ1) is 13.5. The molecule has 0 aliphatic carbocycles. The number of hydrogen-bond donors (Lipinski definition) is 3. The standard InChI is InChI=1S/C22H27N3O3/c1-25(2)15-7-14-23-22(27)20(16-17-10-12-19(28-3)13-11-17)24-21(26)18-8-5-4-6-9-18/h4-6,8-13,16H,7,14-15H2,1-3H3,(H,23,27)(H,24,26)/p+1/b20-16-. The number of benzene rings is 2. The van der Waals surface area contributed by atoms with Crippen LogP contribution in [0, 0.1) is 0 Å². The van der Waals surface area contributed by atoms with Crippen molar-refractivity contribution in [1.29, 1.82) is 0 Å². The van der Waals surface area contributed by atoms with Gasteiger partial charge in [-0.1, -0.05) is 30.3 Å². The summed E-state index contributed by atoms with van der Waals surface area (Å²) < 4.78 is 5.16. The fourth-order valence-electron chi connectivity index (χ4n) is 2.55. The zero-order chi connectivity index (χ0) is 20.4. The van der Waals surface area contributed by atoms with Crippen LogP contribution in [0.1, 0.15) is 22.3 Å². The molecule has 6 heteroatoms. The summed E-state index contributed by atoms with van der Waals surface area (Å²) in [4.78, 5) is 26.5. The minimum atomic E-state index is -0.326. The molecule has 148 valence electrons. The largest absolute Gasteiger partial charge is 0.497 e. The number of hydrogen-bond acceptors (Lipinski definition) is 3. The molecule has 0 aliphatic rings. The molecule has 0 fully saturated rings. The molecule has 0 aromatic heterocycles. The van der Waals surface area contributed by atoms with E-state index in [2.05, 4.69) is 24.7 Å². The van der Waals surface area contributed by atoms with Gasteiger partial charge in [0, 0.05) is 18.5 Å². The van der Waals surface area contributed by atoms with Gasteiger partial charge in [-0.05, 0) is 35.9 Å². The predicted octanol–water partition coefficient (Wildman–Crippen LogP) is 1.12. The van der Waals surface area contributed by atoms with Crippen LogP contribution < -0.4 is 20.3 Å². The van der Waals surface area contributed by atoms with Crippen LogP contribution in [0.3, 0.4) is 0 Å². The normalized spacial score (nSPS) is 11.2. The van der Waals surface area contributed by atoms with Crippen molar-refractivity contribution in [3.8, 4) is 5.75 Å². The Hall–Kier alpha value is -3.12. The summed E-state index contributed by atoms with van der Waals surface area (Å²) in [5.41, 5.74) is 1.49. The molecule has 2 rings (SSSR count). The molecule has 3 N–H and O–H groups in total. The van der Waals surface area contributed by atoms with Crippen LogP contribution in [0.5, 0.6) is 5.75 Å². The van der Waals surface area contributed by atoms with Gasteiger partial charge in [0.2, 0.25) is 0 Å². The fourth-order valence-corrected chi connectivity index (χ4v) is 2.55. The van der Waals surface area contributed by atoms with Crippen LogP contribution >= 0.6 is 0 Å². The predicted molar refractivity (Wildman–Crippen MR) is 110 cm³/mol. The number of rotatable bonds is 9. The van der Waals surface area contributed by atoms with E-state index in [1.165, 1.54) is 4.90 Å². The summed E-state index contributed by atoms with van der Waals surface area (Å²) in [7, 11) is 5.73. The van der Waals surface area contributed by atoms with Gasteiger partial charge in [-0.15, -0.1) is 0 Å². The molecule has 2 aromatic carbocycles. The van der Waals surface area contributed by atoms with Crippen LogP contribution in [0.4, 0.5) is 0 Å². The Bertz CT molecular complexity index is 800. The Morgan fingerprint density at radius 3 is 2.32 bits per heavy atom. The third-order valence-corrected chi connectivity index (χ3v) is 4.09. The maximum absolute atomic E-state index is 12.7. The van der Waals surface area contributed by atoms with Crippen molar-refractivity contribution < 1.29 is 19.2 Å². The van der Waals surface area contributed by atoms with E-state index < -0.39 is 0 Å². The van der Waals surface area contributed by atoms with Crippen molar-refractivity contribution in [2.45, 2.75) is 6.42 Å². The molecule has 0 spiro atoms. The molecule has 0 heterocycles. The average Bonchev–Trinajstić information content (AvgIpc) is 2.71. The highest BCUT2D eigenvalue weighted by molar-refractivity contribution is 6.05. The van der Waals surface area contributed by atoms with E-state index in [-0.39, 0.29) is 17.5 Å². The van der Waals surface area contributed by atoms with Gasteiger partial charge in [-0.25, -0.2) is 0 Å². The molecule has 0 saturated heterocycles. The molecule has 2 amide bonds. The molecular formula is C22H28N3O3+. The first-order valence-corrected chi connectivity index (χ1v) is 9.29. The first kappa shape index (κ1) is 21.2. The summed E-state index contributed by atoms with van der Waals surface area (Å²) in [5.74, 6) is 0.0877. The zero-order valence-electron chi connectivity index (χ0n) is 16.6. The SMILES string of the molecule is COc1ccc(/C=C(\NC(=O)c2ccccc2)C(=O)NCCC[NH+](C)C)cc1. The Morgan fingerprint density at radius 2 is 1.71 bits per heavy atom. The molecule has 6 nitrogen and oxygen atoms in total. The van der Waals surface area contributed by atoms with Crippen LogP contribution in [0.15, 0.2) is 60.3 Å². The molecule has 0 bridgehead atoms. The first-order valence-electron chi connectivity index (χ1n) is 9.29. The van der Waals surface area contributed by atoms with Crippen LogP contribution in [0.25, 0.3) is 6.08 Å². The summed E-state index contributed by atoms with van der Waals surface area (Å²) in [6.07, 6.45) is 2.52. The van der Waals surface area contributed by atoms with Crippen LogP contribution in [-0.2, 0) is 4.79 Å². The fraction of sp³-hybridized carbons (Fsp3) is 0.273. The molecular weight excluding hydrogens is 354 g/mol. The van der Waals surface area contributed by atoms with Crippen molar-refractivity contribution in [3.63, 3.8) is 0 Å². The van der Waals surface area contributed by atoms with E-state index >= 15 is 0 Å². The van der Waals surface area contributed by atoms with E-state index in [1.807, 2.05) is 18.2 Å². The van der Waals surface area contributed by atoms with Crippen LogP contribution in [0.2, 0.25) is 0 Å². The molecule has 28 heavy (non-hydrogen) atoms. The van der Waals surface area contributed by atoms with Gasteiger partial charge in [0.25, 0.3) is 11.8 Å². The lowest BCUT2D eigenvalue weighted by Gasteiger charge is -2.12. The van der Waals surface area contributed by atoms with Gasteiger partial charge in [-0.2, -0.15) is 0 Å². The van der Waals surface area contributed by atoms with Crippen molar-refractivity contribution in [1.82, 2.24) is 10.6 Å². The number of amides is 2. The van der Waals surface area contributed by atoms with Crippen molar-refractivity contribution >= 4 is 17.9 Å². The van der Waals surface area contributed by atoms with Gasteiger partial charge in [0.05, 0.1) is 27.7 Å². The number of quaternary nitrogens is 1. The second-order valence-corrected chi connectivity index (χ2v) is 6.72. The maximum Gasteiger partial charge on any atom is 0.267 e. The monoisotopic (exact) mass is 382 g/mol. The second-order valence-electron chi connectivity index (χ2n) is 6.72. The zero-order valence-corrected chi connectivity index (χ0v) is 16.6. The Balaban J connectivity index is 2.15. The van der Waals surface area contributed by atoms with Crippen molar-refractivity contribution in [2.24, 2.45) is 0 Å². The number of ether oxygens (including phenoxy) is 1. The molecule has 0 saturated carbocycles. The third-order valence-electron chi connectivity index (χ3n) is 4.09. The lowest BCUT2D eigenvalue weighted by atomic mass is 10.1. The summed E-state index contributed by atoms with van der Waals surface area (Å²) in [5, 5.41) is 5.61. The number of nitrogens with one attached hydrogen (secondary N) is 3. The van der Waals surface area contributed by atoms with Gasteiger partial charge in [0.15, 0.2) is 0 Å². The van der Waals surface area contributed by atoms with E-state index in [9.17, 15) is 9.59 Å². The van der Waals surface area contributed by atoms with E-state index in [0.29, 0.717) is 12.1 Å². The quantitative estimate of drug-likeness (QED) is 0.450. The molecule has 0 atom stereocenters. The highest BCUT2D eigenvalue weighted by atomic mass is 16.5. The van der Waals surface area contributed by atoms with Gasteiger partial charge in [-0.3, -0.25) is 9.59 Å². The summed E-state index contributed by atoms with van der Waals surface area (Å²) >= 11 is 0. The summed E-state index contributed by atoms with van der Waals surface area (Å²) in [6, 6.07) is 16.1. The number of methoxy groups -OCH3 is 1. The smallest absolute Gasteiger partial charge is 0.267 e. The highest BCUT2D eigenvalue weighted by Crippen LogP contribution is 2.14. The summed E-state index contributed by atoms with van der Waals surface area (Å²) in [6.45, 7) is 1.50. The van der Waals surface area contributed by atoms with E-state index in [1.54, 1.807) is 49.6 Å². The van der Waals surface area contributed by atoms with Gasteiger partial charge < -0.3 is 20.3 Å². The molecule has 0 radical (unpaired) electrons. The number of carbonyl (C=O) groups excluding carboxylic acids is 2. The lowest BCUT2D eigenvalue weighted by molar-refractivity contribution is -0.858. The second kappa shape index (κ2) is 10.9. The molecule has 0 aliphatic heterocycles. The minimum Gasteiger partial charge on any atom is -0.497 e. The van der Waals surface area contributed by atoms with Gasteiger partial charge in [0.1, 0.15) is 11.4 Å². The topological polar surface area (TPSA) is 71.9 Å². The highest BCUT2D eigenvalue weighted by Gasteiger charge is 2.14. The third kappa shape index (κ3) is 6.89. The minimum absolute atomic E-state index is 0.205. The van der Waals surface area contributed by atoms with Crippen molar-refractivity contribution in [3.05, 3.63) is 71.4 Å². The molecule has 0 unspecified atom stereocenters. The Morgan fingerprint density at radius 1 is 1.04 bits per heavy atom. The van der Waals surface area contributed by atoms with Crippen molar-refractivity contribution in [2.75, 3.05) is 34.3 Å². The van der Waals surface area contributed by atoms with E-state index in [0.717, 1.165) is 24.3 Å². The Kier molecular flexibility index (Phi) is 8.24. The molecule has 2 aromatic rings. The van der Waals surface area contributed by atoms with Crippen LogP contribution in [-0.4, -0.2) is 46.1 Å². The lowest BCUT2D eigenvalue weighted by Crippen LogP contribution is -3.05. The number of carbonyl (C=O) groups is 2.